The predicted molar refractivity (Wildman–Crippen MR) is 84.0 cm³/mol. The van der Waals surface area contributed by atoms with Gasteiger partial charge < -0.3 is 14.8 Å². The lowest BCUT2D eigenvalue weighted by molar-refractivity contribution is -0.130. The molecule has 1 N–H and O–H groups in total. The van der Waals surface area contributed by atoms with Crippen LogP contribution in [0.4, 0.5) is 0 Å². The van der Waals surface area contributed by atoms with Crippen molar-refractivity contribution in [3.8, 4) is 0 Å². The zero-order chi connectivity index (χ0) is 15.4. The molecule has 0 saturated carbocycles. The molecular formula is C14H17NO4S2. The number of hydrogen-bond donors (Lipinski definition) is 1. The Hall–Kier alpha value is -1.44. The molecular weight excluding hydrogens is 310 g/mol. The number of nitrogens with one attached hydrogen (secondary N) is 1. The largest absolute Gasteiger partial charge is 0.462 e. The van der Waals surface area contributed by atoms with Crippen LogP contribution in [0.25, 0.3) is 9.40 Å². The van der Waals surface area contributed by atoms with Crippen molar-refractivity contribution in [1.29, 1.82) is 0 Å². The van der Waals surface area contributed by atoms with Gasteiger partial charge in [-0.15, -0.1) is 22.7 Å². The van der Waals surface area contributed by atoms with Crippen molar-refractivity contribution in [2.24, 2.45) is 0 Å². The molecule has 0 unspecified atom stereocenters. The van der Waals surface area contributed by atoms with Crippen molar-refractivity contribution in [3.63, 3.8) is 0 Å². The summed E-state index contributed by atoms with van der Waals surface area (Å²) in [5.74, 6) is -0.543. The Morgan fingerprint density at radius 2 is 2.19 bits per heavy atom. The van der Waals surface area contributed by atoms with Crippen LogP contribution in [0.15, 0.2) is 11.4 Å². The van der Waals surface area contributed by atoms with Gasteiger partial charge in [-0.1, -0.05) is 0 Å². The topological polar surface area (TPSA) is 64.6 Å². The van der Waals surface area contributed by atoms with Crippen molar-refractivity contribution in [2.75, 3.05) is 13.7 Å². The Morgan fingerprint density at radius 1 is 1.43 bits per heavy atom. The van der Waals surface area contributed by atoms with Crippen LogP contribution in [0.3, 0.4) is 0 Å². The molecule has 0 aliphatic rings. The van der Waals surface area contributed by atoms with E-state index in [9.17, 15) is 9.59 Å². The zero-order valence-electron chi connectivity index (χ0n) is 12.1. The van der Waals surface area contributed by atoms with Crippen molar-refractivity contribution >= 4 is 43.9 Å². The summed E-state index contributed by atoms with van der Waals surface area (Å²) in [5, 5.41) is 4.77. The standard InChI is InChI=1S/C14H17NO4S2/c1-4-19-14(17)12-9(7-15-13(16)8(2)18-3)11-10(21-12)5-6-20-11/h5-6,8H,4,7H2,1-3H3,(H,15,16)/t8-/m1/s1. The van der Waals surface area contributed by atoms with E-state index in [1.165, 1.54) is 18.4 Å². The molecule has 7 heteroatoms. The van der Waals surface area contributed by atoms with E-state index in [4.69, 9.17) is 9.47 Å². The summed E-state index contributed by atoms with van der Waals surface area (Å²) >= 11 is 2.95. The highest BCUT2D eigenvalue weighted by Crippen LogP contribution is 2.35. The first-order chi connectivity index (χ1) is 10.1. The summed E-state index contributed by atoms with van der Waals surface area (Å²) in [5.41, 5.74) is 0.820. The first-order valence-electron chi connectivity index (χ1n) is 6.55. The van der Waals surface area contributed by atoms with Crippen LogP contribution in [0.5, 0.6) is 0 Å². The molecule has 5 nitrogen and oxygen atoms in total. The molecule has 0 radical (unpaired) electrons. The molecule has 0 aliphatic heterocycles. The predicted octanol–water partition coefficient (Wildman–Crippen LogP) is 2.79. The Morgan fingerprint density at radius 3 is 2.86 bits per heavy atom. The summed E-state index contributed by atoms with van der Waals surface area (Å²) in [4.78, 5) is 24.4. The molecule has 0 fully saturated rings. The molecule has 2 aromatic heterocycles. The average Bonchev–Trinajstić information content (AvgIpc) is 3.05. The lowest BCUT2D eigenvalue weighted by Crippen LogP contribution is -2.33. The molecule has 21 heavy (non-hydrogen) atoms. The molecule has 1 amide bonds. The van der Waals surface area contributed by atoms with Crippen molar-refractivity contribution in [3.05, 3.63) is 21.9 Å². The third kappa shape index (κ3) is 3.42. The van der Waals surface area contributed by atoms with Gasteiger partial charge in [-0.05, 0) is 25.3 Å². The second-order valence-corrected chi connectivity index (χ2v) is 6.31. The molecule has 0 spiro atoms. The summed E-state index contributed by atoms with van der Waals surface area (Å²) in [7, 11) is 1.48. The van der Waals surface area contributed by atoms with E-state index in [1.807, 2.05) is 11.4 Å². The fourth-order valence-corrected chi connectivity index (χ4v) is 4.09. The summed E-state index contributed by atoms with van der Waals surface area (Å²) in [6.07, 6.45) is -0.520. The number of rotatable bonds is 6. The van der Waals surface area contributed by atoms with Crippen molar-refractivity contribution in [1.82, 2.24) is 5.32 Å². The van der Waals surface area contributed by atoms with E-state index in [-0.39, 0.29) is 11.9 Å². The van der Waals surface area contributed by atoms with Crippen LogP contribution in [-0.4, -0.2) is 31.7 Å². The molecule has 0 bridgehead atoms. The zero-order valence-corrected chi connectivity index (χ0v) is 13.7. The molecule has 0 aromatic carbocycles. The summed E-state index contributed by atoms with van der Waals surface area (Å²) in [6, 6.07) is 1.97. The highest BCUT2D eigenvalue weighted by atomic mass is 32.1. The van der Waals surface area contributed by atoms with Gasteiger partial charge >= 0.3 is 5.97 Å². The third-order valence-corrected chi connectivity index (χ3v) is 5.29. The number of fused-ring (bicyclic) bond motifs is 1. The molecule has 0 saturated heterocycles. The van der Waals surface area contributed by atoms with Crippen LogP contribution in [0.1, 0.15) is 29.1 Å². The van der Waals surface area contributed by atoms with E-state index in [0.29, 0.717) is 18.0 Å². The van der Waals surface area contributed by atoms with Gasteiger partial charge in [0.15, 0.2) is 0 Å². The van der Waals surface area contributed by atoms with Gasteiger partial charge in [0.1, 0.15) is 11.0 Å². The number of methoxy groups -OCH3 is 1. The van der Waals surface area contributed by atoms with Crippen LogP contribution < -0.4 is 5.32 Å². The quantitative estimate of drug-likeness (QED) is 0.829. The van der Waals surface area contributed by atoms with Gasteiger partial charge in [0.2, 0.25) is 5.91 Å². The number of amides is 1. The SMILES string of the molecule is CCOC(=O)c1sc2ccsc2c1CNC(=O)[C@@H](C)OC. The van der Waals surface area contributed by atoms with E-state index in [0.717, 1.165) is 15.0 Å². The maximum atomic E-state index is 12.0. The second kappa shape index (κ2) is 7.02. The second-order valence-electron chi connectivity index (χ2n) is 4.34. The maximum absolute atomic E-state index is 12.0. The van der Waals surface area contributed by atoms with Crippen molar-refractivity contribution < 1.29 is 19.1 Å². The van der Waals surface area contributed by atoms with E-state index in [2.05, 4.69) is 5.32 Å². The fourth-order valence-electron chi connectivity index (χ4n) is 1.82. The third-order valence-electron chi connectivity index (χ3n) is 3.01. The van der Waals surface area contributed by atoms with Gasteiger partial charge in [-0.2, -0.15) is 0 Å². The number of carbonyl (C=O) groups is 2. The first-order valence-corrected chi connectivity index (χ1v) is 8.24. The highest BCUT2D eigenvalue weighted by Gasteiger charge is 2.21. The van der Waals surface area contributed by atoms with Crippen molar-refractivity contribution in [2.45, 2.75) is 26.5 Å². The number of ether oxygens (including phenoxy) is 2. The molecule has 2 heterocycles. The first kappa shape index (κ1) is 15.9. The molecule has 0 aliphatic carbocycles. The normalized spacial score (nSPS) is 12.3. The Balaban J connectivity index is 2.24. The van der Waals surface area contributed by atoms with Crippen LogP contribution in [0.2, 0.25) is 0 Å². The van der Waals surface area contributed by atoms with E-state index < -0.39 is 6.10 Å². The molecule has 2 rings (SSSR count). The number of hydrogen-bond acceptors (Lipinski definition) is 6. The Labute approximate surface area is 130 Å². The summed E-state index contributed by atoms with van der Waals surface area (Å²) in [6.45, 7) is 4.07. The maximum Gasteiger partial charge on any atom is 0.348 e. The van der Waals surface area contributed by atoms with Gasteiger partial charge in [0.25, 0.3) is 0 Å². The fraction of sp³-hybridized carbons (Fsp3) is 0.429. The van der Waals surface area contributed by atoms with Gasteiger partial charge in [-0.25, -0.2) is 4.79 Å². The molecule has 114 valence electrons. The lowest BCUT2D eigenvalue weighted by Gasteiger charge is -2.10. The minimum absolute atomic E-state index is 0.205. The smallest absolute Gasteiger partial charge is 0.348 e. The number of esters is 1. The lowest BCUT2D eigenvalue weighted by atomic mass is 10.2. The monoisotopic (exact) mass is 327 g/mol. The van der Waals surface area contributed by atoms with Gasteiger partial charge in [0.05, 0.1) is 11.3 Å². The summed E-state index contributed by atoms with van der Waals surface area (Å²) < 4.78 is 12.1. The van der Waals surface area contributed by atoms with Gasteiger partial charge in [-0.3, -0.25) is 4.79 Å². The molecule has 1 atom stereocenters. The highest BCUT2D eigenvalue weighted by molar-refractivity contribution is 7.28. The Kier molecular flexibility index (Phi) is 5.33. The number of carbonyl (C=O) groups excluding carboxylic acids is 2. The number of thiophene rings is 2. The molecule has 2 aromatic rings. The van der Waals surface area contributed by atoms with E-state index in [1.54, 1.807) is 25.2 Å². The van der Waals surface area contributed by atoms with Crippen LogP contribution >= 0.6 is 22.7 Å². The van der Waals surface area contributed by atoms with E-state index >= 15 is 0 Å². The Bertz CT molecular complexity index is 646. The van der Waals surface area contributed by atoms with Gasteiger partial charge in [0, 0.05) is 23.9 Å². The minimum Gasteiger partial charge on any atom is -0.462 e. The van der Waals surface area contributed by atoms with Crippen LogP contribution in [-0.2, 0) is 20.8 Å². The average molecular weight is 327 g/mol. The minimum atomic E-state index is -0.520. The van der Waals surface area contributed by atoms with Crippen LogP contribution in [0, 0.1) is 0 Å².